The first-order valence-corrected chi connectivity index (χ1v) is 10.8. The lowest BCUT2D eigenvalue weighted by Crippen LogP contribution is -2.31. The predicted molar refractivity (Wildman–Crippen MR) is 101 cm³/mol. The minimum Gasteiger partial charge on any atom is -0.332 e. The molecule has 1 amide bonds. The lowest BCUT2D eigenvalue weighted by molar-refractivity contribution is 0.0734. The molecule has 25 heavy (non-hydrogen) atoms. The Morgan fingerprint density at radius 2 is 1.96 bits per heavy atom. The van der Waals surface area contributed by atoms with Crippen LogP contribution in [0.5, 0.6) is 0 Å². The molecule has 0 bridgehead atoms. The normalized spacial score (nSPS) is 17.7. The Balaban J connectivity index is 1.97. The maximum Gasteiger partial charge on any atom is 0.254 e. The number of amides is 1. The Morgan fingerprint density at radius 3 is 2.64 bits per heavy atom. The summed E-state index contributed by atoms with van der Waals surface area (Å²) >= 11 is 3.48. The van der Waals surface area contributed by atoms with E-state index in [0.29, 0.717) is 12.1 Å². The summed E-state index contributed by atoms with van der Waals surface area (Å²) in [4.78, 5) is 15.2. The maximum atomic E-state index is 13.1. The Labute approximate surface area is 156 Å². The second kappa shape index (κ2) is 6.92. The molecule has 0 N–H and O–H groups in total. The van der Waals surface area contributed by atoms with E-state index in [9.17, 15) is 13.2 Å². The molecular weight excluding hydrogens is 402 g/mol. The molecule has 1 saturated heterocycles. The molecule has 1 fully saturated rings. The van der Waals surface area contributed by atoms with E-state index in [1.54, 1.807) is 12.1 Å². The summed E-state index contributed by atoms with van der Waals surface area (Å²) in [6.07, 6.45) is 3.01. The monoisotopic (exact) mass is 421 g/mol. The van der Waals surface area contributed by atoms with E-state index in [0.717, 1.165) is 34.7 Å². The number of likely N-dealkylation sites (tertiary alicyclic amines) is 1. The van der Waals surface area contributed by atoms with Crippen LogP contribution in [0.15, 0.2) is 51.8 Å². The third-order valence-corrected chi connectivity index (χ3v) is 6.22. The zero-order valence-electron chi connectivity index (χ0n) is 14.2. The minimum atomic E-state index is -3.35. The Kier molecular flexibility index (Phi) is 5.02. The summed E-state index contributed by atoms with van der Waals surface area (Å²) in [5, 5.41) is 0. The number of halogens is 1. The van der Waals surface area contributed by atoms with Crippen LogP contribution in [0.1, 0.15) is 40.4 Å². The van der Waals surface area contributed by atoms with E-state index in [2.05, 4.69) is 15.9 Å². The molecule has 0 spiro atoms. The molecule has 1 heterocycles. The molecule has 0 aliphatic carbocycles. The van der Waals surface area contributed by atoms with Crippen molar-refractivity contribution in [2.45, 2.75) is 30.7 Å². The Hall–Kier alpha value is -1.66. The first kappa shape index (κ1) is 18.1. The Morgan fingerprint density at radius 1 is 1.20 bits per heavy atom. The molecule has 1 atom stereocenters. The first-order valence-electron chi connectivity index (χ1n) is 8.14. The number of sulfone groups is 1. The predicted octanol–water partition coefficient (Wildman–Crippen LogP) is 4.14. The highest BCUT2D eigenvalue weighted by Crippen LogP contribution is 2.34. The first-order chi connectivity index (χ1) is 11.8. The number of aryl methyl sites for hydroxylation is 1. The van der Waals surface area contributed by atoms with Crippen molar-refractivity contribution in [3.8, 4) is 0 Å². The van der Waals surface area contributed by atoms with E-state index >= 15 is 0 Å². The molecule has 3 rings (SSSR count). The minimum absolute atomic E-state index is 0.0197. The highest BCUT2D eigenvalue weighted by Gasteiger charge is 2.31. The zero-order chi connectivity index (χ0) is 18.2. The molecule has 0 radical (unpaired) electrons. The number of hydrogen-bond donors (Lipinski definition) is 0. The van der Waals surface area contributed by atoms with Gasteiger partial charge in [0.1, 0.15) is 0 Å². The summed E-state index contributed by atoms with van der Waals surface area (Å²) in [5.41, 5.74) is 2.35. The third-order valence-electron chi connectivity index (χ3n) is 4.61. The number of nitrogens with zero attached hydrogens (tertiary/aromatic N) is 1. The van der Waals surface area contributed by atoms with Crippen LogP contribution < -0.4 is 0 Å². The van der Waals surface area contributed by atoms with Crippen molar-refractivity contribution in [1.82, 2.24) is 4.90 Å². The SMILES string of the molecule is Cc1ccc(S(C)(=O)=O)cc1C(=O)N1CCCC1c1cccc(Br)c1. The van der Waals surface area contributed by atoms with Crippen molar-refractivity contribution in [3.05, 3.63) is 63.6 Å². The second-order valence-corrected chi connectivity index (χ2v) is 9.39. The average molecular weight is 422 g/mol. The second-order valence-electron chi connectivity index (χ2n) is 6.46. The molecule has 4 nitrogen and oxygen atoms in total. The molecule has 1 aliphatic heterocycles. The third kappa shape index (κ3) is 3.80. The Bertz CT molecular complexity index is 924. The number of benzene rings is 2. The van der Waals surface area contributed by atoms with Gasteiger partial charge in [0, 0.05) is 22.8 Å². The summed E-state index contributed by atoms with van der Waals surface area (Å²) in [5.74, 6) is -0.106. The van der Waals surface area contributed by atoms with Crippen LogP contribution in [0.4, 0.5) is 0 Å². The highest BCUT2D eigenvalue weighted by atomic mass is 79.9. The van der Waals surface area contributed by atoms with Crippen molar-refractivity contribution in [2.75, 3.05) is 12.8 Å². The van der Waals surface area contributed by atoms with Crippen molar-refractivity contribution in [1.29, 1.82) is 0 Å². The van der Waals surface area contributed by atoms with Crippen LogP contribution in [0.2, 0.25) is 0 Å². The van der Waals surface area contributed by atoms with Gasteiger partial charge < -0.3 is 4.90 Å². The molecule has 1 unspecified atom stereocenters. The van der Waals surface area contributed by atoms with Gasteiger partial charge in [-0.1, -0.05) is 34.1 Å². The van der Waals surface area contributed by atoms with Crippen LogP contribution in [0, 0.1) is 6.92 Å². The summed E-state index contributed by atoms with van der Waals surface area (Å²) < 4.78 is 24.7. The van der Waals surface area contributed by atoms with E-state index in [1.165, 1.54) is 6.07 Å². The fourth-order valence-corrected chi connectivity index (χ4v) is 4.35. The number of rotatable bonds is 3. The zero-order valence-corrected chi connectivity index (χ0v) is 16.6. The largest absolute Gasteiger partial charge is 0.332 e. The smallest absolute Gasteiger partial charge is 0.254 e. The summed E-state index contributed by atoms with van der Waals surface area (Å²) in [7, 11) is -3.35. The fourth-order valence-electron chi connectivity index (χ4n) is 3.29. The van der Waals surface area contributed by atoms with Crippen LogP contribution in [-0.2, 0) is 9.84 Å². The van der Waals surface area contributed by atoms with E-state index < -0.39 is 9.84 Å². The van der Waals surface area contributed by atoms with Crippen molar-refractivity contribution in [3.63, 3.8) is 0 Å². The van der Waals surface area contributed by atoms with Crippen LogP contribution in [-0.4, -0.2) is 32.0 Å². The van der Waals surface area contributed by atoms with Crippen molar-refractivity contribution >= 4 is 31.7 Å². The molecule has 0 aromatic heterocycles. The molecule has 2 aromatic rings. The van der Waals surface area contributed by atoms with Crippen LogP contribution in [0.3, 0.4) is 0 Å². The fraction of sp³-hybridized carbons (Fsp3) is 0.316. The van der Waals surface area contributed by atoms with Gasteiger partial charge in [-0.3, -0.25) is 4.79 Å². The van der Waals surface area contributed by atoms with Gasteiger partial charge in [0.2, 0.25) is 0 Å². The lowest BCUT2D eigenvalue weighted by Gasteiger charge is -2.26. The standard InChI is InChI=1S/C19H20BrNO3S/c1-13-8-9-16(25(2,23)24)12-17(13)19(22)21-10-4-7-18(21)14-5-3-6-15(20)11-14/h3,5-6,8-9,11-12,18H,4,7,10H2,1-2H3. The van der Waals surface area contributed by atoms with Crippen LogP contribution >= 0.6 is 15.9 Å². The molecule has 6 heteroatoms. The van der Waals surface area contributed by atoms with E-state index in [4.69, 9.17) is 0 Å². The molecular formula is C19H20BrNO3S. The van der Waals surface area contributed by atoms with Crippen molar-refractivity contribution < 1.29 is 13.2 Å². The van der Waals surface area contributed by atoms with Gasteiger partial charge in [-0.2, -0.15) is 0 Å². The molecule has 0 saturated carbocycles. The van der Waals surface area contributed by atoms with Gasteiger partial charge in [-0.25, -0.2) is 8.42 Å². The topological polar surface area (TPSA) is 54.5 Å². The lowest BCUT2D eigenvalue weighted by atomic mass is 10.0. The number of carbonyl (C=O) groups is 1. The summed E-state index contributed by atoms with van der Waals surface area (Å²) in [6.45, 7) is 2.52. The van der Waals surface area contributed by atoms with Gasteiger partial charge in [0.15, 0.2) is 9.84 Å². The number of carbonyl (C=O) groups excluding carboxylic acids is 1. The van der Waals surface area contributed by atoms with Gasteiger partial charge >= 0.3 is 0 Å². The summed E-state index contributed by atoms with van der Waals surface area (Å²) in [6, 6.07) is 12.8. The molecule has 132 valence electrons. The number of hydrogen-bond acceptors (Lipinski definition) is 3. The van der Waals surface area contributed by atoms with E-state index in [-0.39, 0.29) is 16.8 Å². The van der Waals surface area contributed by atoms with Gasteiger partial charge in [-0.15, -0.1) is 0 Å². The maximum absolute atomic E-state index is 13.1. The van der Waals surface area contributed by atoms with Crippen LogP contribution in [0.25, 0.3) is 0 Å². The van der Waals surface area contributed by atoms with E-state index in [1.807, 2.05) is 36.1 Å². The van der Waals surface area contributed by atoms with Gasteiger partial charge in [0.25, 0.3) is 5.91 Å². The van der Waals surface area contributed by atoms with Gasteiger partial charge in [-0.05, 0) is 55.2 Å². The average Bonchev–Trinajstić information content (AvgIpc) is 3.03. The molecule has 2 aromatic carbocycles. The van der Waals surface area contributed by atoms with Crippen molar-refractivity contribution in [2.24, 2.45) is 0 Å². The molecule has 1 aliphatic rings. The van der Waals surface area contributed by atoms with Gasteiger partial charge in [0.05, 0.1) is 10.9 Å². The quantitative estimate of drug-likeness (QED) is 0.747. The highest BCUT2D eigenvalue weighted by molar-refractivity contribution is 9.10.